The Hall–Kier alpha value is -1.41. The van der Waals surface area contributed by atoms with E-state index in [0.717, 1.165) is 12.0 Å². The van der Waals surface area contributed by atoms with Crippen molar-refractivity contribution in [3.63, 3.8) is 0 Å². The molecule has 2 aromatic rings. The predicted octanol–water partition coefficient (Wildman–Crippen LogP) is 3.03. The van der Waals surface area contributed by atoms with Gasteiger partial charge in [0.2, 0.25) is 10.0 Å². The van der Waals surface area contributed by atoms with Crippen molar-refractivity contribution in [1.82, 2.24) is 4.72 Å². The molecule has 0 amide bonds. The van der Waals surface area contributed by atoms with Crippen LogP contribution in [0.5, 0.6) is 5.75 Å². The Bertz CT molecular complexity index is 768. The smallest absolute Gasteiger partial charge is 0.240 e. The molecule has 0 spiro atoms. The predicted molar refractivity (Wildman–Crippen MR) is 96.0 cm³/mol. The summed E-state index contributed by atoms with van der Waals surface area (Å²) in [4.78, 5) is 0.871. The third-order valence-electron chi connectivity index (χ3n) is 3.58. The zero-order valence-electron chi connectivity index (χ0n) is 14.1. The lowest BCUT2D eigenvalue weighted by atomic mass is 10.1. The summed E-state index contributed by atoms with van der Waals surface area (Å²) in [5.74, 6) is 0.682. The van der Waals surface area contributed by atoms with Crippen LogP contribution in [0.2, 0.25) is 0 Å². The molecule has 1 aromatic heterocycles. The zero-order valence-corrected chi connectivity index (χ0v) is 15.7. The van der Waals surface area contributed by atoms with E-state index >= 15 is 0 Å². The number of aliphatic hydroxyl groups is 1. The van der Waals surface area contributed by atoms with Crippen LogP contribution >= 0.6 is 11.3 Å². The van der Waals surface area contributed by atoms with E-state index < -0.39 is 15.6 Å². The van der Waals surface area contributed by atoms with E-state index in [0.29, 0.717) is 17.2 Å². The number of rotatable bonds is 8. The van der Waals surface area contributed by atoms with Crippen molar-refractivity contribution in [1.29, 1.82) is 0 Å². The molecular weight excluding hydrogens is 346 g/mol. The lowest BCUT2D eigenvalue weighted by molar-refractivity contribution is 0.0666. The van der Waals surface area contributed by atoms with Crippen LogP contribution < -0.4 is 9.46 Å². The standard InChI is InChI=1S/C17H23NO4S2/c1-4-9-22-15-8-7-14(11-13(15)2)24(20,21)18-12-17(3,19)16-6-5-10-23-16/h5-8,10-11,18-19H,4,9,12H2,1-3H3. The Morgan fingerprint density at radius 3 is 2.67 bits per heavy atom. The van der Waals surface area contributed by atoms with E-state index in [1.807, 2.05) is 25.3 Å². The van der Waals surface area contributed by atoms with Gasteiger partial charge in [0.1, 0.15) is 11.4 Å². The van der Waals surface area contributed by atoms with E-state index in [1.165, 1.54) is 17.4 Å². The van der Waals surface area contributed by atoms with Crippen LogP contribution in [-0.4, -0.2) is 26.7 Å². The molecule has 0 aliphatic heterocycles. The van der Waals surface area contributed by atoms with Gasteiger partial charge in [0.15, 0.2) is 0 Å². The molecule has 0 saturated carbocycles. The minimum atomic E-state index is -3.71. The van der Waals surface area contributed by atoms with Gasteiger partial charge in [-0.3, -0.25) is 0 Å². The molecule has 0 radical (unpaired) electrons. The monoisotopic (exact) mass is 369 g/mol. The molecule has 1 unspecified atom stereocenters. The molecule has 1 aromatic carbocycles. The molecule has 2 rings (SSSR count). The minimum absolute atomic E-state index is 0.0943. The summed E-state index contributed by atoms with van der Waals surface area (Å²) in [6, 6.07) is 8.36. The molecule has 0 aliphatic carbocycles. The van der Waals surface area contributed by atoms with Gasteiger partial charge < -0.3 is 9.84 Å². The molecule has 7 heteroatoms. The third-order valence-corrected chi connectivity index (χ3v) is 6.10. The van der Waals surface area contributed by atoms with E-state index in [1.54, 1.807) is 25.1 Å². The molecular formula is C17H23NO4S2. The van der Waals surface area contributed by atoms with E-state index in [9.17, 15) is 13.5 Å². The summed E-state index contributed by atoms with van der Waals surface area (Å²) in [6.07, 6.45) is 0.888. The van der Waals surface area contributed by atoms with E-state index in [2.05, 4.69) is 4.72 Å². The van der Waals surface area contributed by atoms with Gasteiger partial charge in [-0.1, -0.05) is 13.0 Å². The molecule has 24 heavy (non-hydrogen) atoms. The molecule has 0 bridgehead atoms. The molecule has 1 heterocycles. The largest absolute Gasteiger partial charge is 0.493 e. The van der Waals surface area contributed by atoms with Crippen LogP contribution in [0.4, 0.5) is 0 Å². The van der Waals surface area contributed by atoms with Gasteiger partial charge in [0, 0.05) is 11.4 Å². The highest BCUT2D eigenvalue weighted by atomic mass is 32.2. The third kappa shape index (κ3) is 4.57. The van der Waals surface area contributed by atoms with E-state index in [-0.39, 0.29) is 11.4 Å². The lowest BCUT2D eigenvalue weighted by Crippen LogP contribution is -2.38. The number of nitrogens with one attached hydrogen (secondary N) is 1. The Kier molecular flexibility index (Phi) is 6.03. The molecule has 0 fully saturated rings. The van der Waals surface area contributed by atoms with Crippen LogP contribution in [0.15, 0.2) is 40.6 Å². The van der Waals surface area contributed by atoms with Crippen molar-refractivity contribution in [3.8, 4) is 5.75 Å². The fraction of sp³-hybridized carbons (Fsp3) is 0.412. The van der Waals surface area contributed by atoms with Crippen LogP contribution in [-0.2, 0) is 15.6 Å². The number of ether oxygens (including phenoxy) is 1. The fourth-order valence-electron chi connectivity index (χ4n) is 2.15. The van der Waals surface area contributed by atoms with Crippen molar-refractivity contribution in [2.45, 2.75) is 37.7 Å². The first-order chi connectivity index (χ1) is 11.3. The van der Waals surface area contributed by atoms with Crippen molar-refractivity contribution >= 4 is 21.4 Å². The average molecular weight is 370 g/mol. The molecule has 0 saturated heterocycles. The summed E-state index contributed by atoms with van der Waals surface area (Å²) < 4.78 is 33.0. The molecule has 2 N–H and O–H groups in total. The van der Waals surface area contributed by atoms with Gasteiger partial charge in [-0.2, -0.15) is 0 Å². The summed E-state index contributed by atoms with van der Waals surface area (Å²) in [7, 11) is -3.71. The van der Waals surface area contributed by atoms with Crippen LogP contribution in [0.3, 0.4) is 0 Å². The molecule has 5 nitrogen and oxygen atoms in total. The number of aryl methyl sites for hydroxylation is 1. The summed E-state index contributed by atoms with van der Waals surface area (Å²) in [5, 5.41) is 12.3. The first kappa shape index (κ1) is 18.9. The Morgan fingerprint density at radius 1 is 1.33 bits per heavy atom. The molecule has 132 valence electrons. The summed E-state index contributed by atoms with van der Waals surface area (Å²) in [5.41, 5.74) is -0.489. The zero-order chi connectivity index (χ0) is 17.8. The van der Waals surface area contributed by atoms with Gasteiger partial charge >= 0.3 is 0 Å². The Balaban J connectivity index is 2.11. The highest BCUT2D eigenvalue weighted by molar-refractivity contribution is 7.89. The number of hydrogen-bond donors (Lipinski definition) is 2. The van der Waals surface area contributed by atoms with Crippen LogP contribution in [0.1, 0.15) is 30.7 Å². The van der Waals surface area contributed by atoms with Crippen LogP contribution in [0.25, 0.3) is 0 Å². The van der Waals surface area contributed by atoms with Crippen molar-refractivity contribution in [3.05, 3.63) is 46.2 Å². The average Bonchev–Trinajstić information content (AvgIpc) is 3.07. The lowest BCUT2D eigenvalue weighted by Gasteiger charge is -2.22. The SMILES string of the molecule is CCCOc1ccc(S(=O)(=O)NCC(C)(O)c2cccs2)cc1C. The maximum absolute atomic E-state index is 12.5. The second kappa shape index (κ2) is 7.65. The highest BCUT2D eigenvalue weighted by Crippen LogP contribution is 2.26. The number of thiophene rings is 1. The second-order valence-corrected chi connectivity index (χ2v) is 8.57. The van der Waals surface area contributed by atoms with Gasteiger partial charge in [-0.15, -0.1) is 11.3 Å². The first-order valence-electron chi connectivity index (χ1n) is 7.76. The van der Waals surface area contributed by atoms with E-state index in [4.69, 9.17) is 4.74 Å². The summed E-state index contributed by atoms with van der Waals surface area (Å²) >= 11 is 1.39. The Morgan fingerprint density at radius 2 is 2.08 bits per heavy atom. The molecule has 0 aliphatic rings. The second-order valence-electron chi connectivity index (χ2n) is 5.85. The topological polar surface area (TPSA) is 75.6 Å². The van der Waals surface area contributed by atoms with Gasteiger partial charge in [-0.25, -0.2) is 13.1 Å². The maximum Gasteiger partial charge on any atom is 0.240 e. The van der Waals surface area contributed by atoms with Gasteiger partial charge in [0.05, 0.1) is 11.5 Å². The highest BCUT2D eigenvalue weighted by Gasteiger charge is 2.27. The van der Waals surface area contributed by atoms with Crippen molar-refractivity contribution in [2.24, 2.45) is 0 Å². The number of sulfonamides is 1. The number of hydrogen-bond acceptors (Lipinski definition) is 5. The van der Waals surface area contributed by atoms with Gasteiger partial charge in [0.25, 0.3) is 0 Å². The van der Waals surface area contributed by atoms with Crippen LogP contribution in [0, 0.1) is 6.92 Å². The van der Waals surface area contributed by atoms with Crippen molar-refractivity contribution in [2.75, 3.05) is 13.2 Å². The van der Waals surface area contributed by atoms with Crippen molar-refractivity contribution < 1.29 is 18.3 Å². The summed E-state index contributed by atoms with van der Waals surface area (Å²) in [6.45, 7) is 5.91. The normalized spacial score (nSPS) is 14.3. The minimum Gasteiger partial charge on any atom is -0.493 e. The fourth-order valence-corrected chi connectivity index (χ4v) is 4.16. The first-order valence-corrected chi connectivity index (χ1v) is 10.1. The number of benzene rings is 1. The maximum atomic E-state index is 12.5. The molecule has 1 atom stereocenters. The quantitative estimate of drug-likeness (QED) is 0.750. The van der Waals surface area contributed by atoms with Gasteiger partial charge in [-0.05, 0) is 55.5 Å². The Labute approximate surface area is 147 Å².